The number of nitrogens with one attached hydrogen (secondary N) is 2. The number of aromatic nitrogens is 1. The molecule has 7 nitrogen and oxygen atoms in total. The van der Waals surface area contributed by atoms with Gasteiger partial charge in [-0.2, -0.15) is 0 Å². The van der Waals surface area contributed by atoms with Crippen molar-refractivity contribution in [3.8, 4) is 17.0 Å². The number of hydrogen-bond donors (Lipinski definition) is 2. The molecule has 1 aromatic heterocycles. The predicted octanol–water partition coefficient (Wildman–Crippen LogP) is 4.61. The summed E-state index contributed by atoms with van der Waals surface area (Å²) >= 11 is 0. The van der Waals surface area contributed by atoms with Gasteiger partial charge in [-0.05, 0) is 86.7 Å². The van der Waals surface area contributed by atoms with Crippen molar-refractivity contribution in [1.29, 1.82) is 0 Å². The number of hydrogen-bond acceptors (Lipinski definition) is 5. The highest BCUT2D eigenvalue weighted by atomic mass is 32.2. The van der Waals surface area contributed by atoms with E-state index in [1.807, 2.05) is 31.2 Å². The molecule has 3 aromatic rings. The number of benzene rings is 2. The van der Waals surface area contributed by atoms with Gasteiger partial charge in [-0.3, -0.25) is 9.78 Å². The Hall–Kier alpha value is -3.30. The van der Waals surface area contributed by atoms with E-state index in [-0.39, 0.29) is 34.6 Å². The van der Waals surface area contributed by atoms with Crippen molar-refractivity contribution >= 4 is 15.9 Å². The fourth-order valence-corrected chi connectivity index (χ4v) is 5.65. The third-order valence-electron chi connectivity index (χ3n) is 6.58. The van der Waals surface area contributed by atoms with Gasteiger partial charge in [0.15, 0.2) is 0 Å². The second kappa shape index (κ2) is 11.2. The van der Waals surface area contributed by atoms with Gasteiger partial charge in [-0.1, -0.05) is 12.1 Å². The fraction of sp³-hybridized carbons (Fsp3) is 0.333. The molecule has 1 heterocycles. The third-order valence-corrected chi connectivity index (χ3v) is 8.09. The third kappa shape index (κ3) is 6.27. The van der Waals surface area contributed by atoms with Gasteiger partial charge in [0.25, 0.3) is 0 Å². The van der Waals surface area contributed by atoms with Crippen LogP contribution in [0.1, 0.15) is 44.2 Å². The maximum Gasteiger partial charge on any atom is 0.242 e. The lowest BCUT2D eigenvalue weighted by atomic mass is 9.85. The zero-order valence-corrected chi connectivity index (χ0v) is 21.1. The molecule has 190 valence electrons. The Bertz CT molecular complexity index is 1270. The second-order valence-electron chi connectivity index (χ2n) is 9.06. The summed E-state index contributed by atoms with van der Waals surface area (Å²) in [6.07, 6.45) is 3.67. The number of carbonyl (C=O) groups excluding carboxylic acids is 1. The molecule has 1 saturated carbocycles. The van der Waals surface area contributed by atoms with E-state index in [0.29, 0.717) is 31.4 Å². The summed E-state index contributed by atoms with van der Waals surface area (Å²) in [6, 6.07) is 16.2. The lowest BCUT2D eigenvalue weighted by Gasteiger charge is -2.29. The molecule has 2 N–H and O–H groups in total. The first-order valence-corrected chi connectivity index (χ1v) is 13.4. The highest BCUT2D eigenvalue weighted by molar-refractivity contribution is 7.89. The van der Waals surface area contributed by atoms with E-state index in [4.69, 9.17) is 4.74 Å². The van der Waals surface area contributed by atoms with Crippen LogP contribution in [-0.2, 0) is 14.8 Å². The first-order valence-electron chi connectivity index (χ1n) is 11.9. The van der Waals surface area contributed by atoms with Crippen molar-refractivity contribution in [2.45, 2.75) is 49.6 Å². The van der Waals surface area contributed by atoms with Crippen molar-refractivity contribution in [2.24, 2.45) is 5.92 Å². The molecule has 4 rings (SSSR count). The van der Waals surface area contributed by atoms with Crippen molar-refractivity contribution in [1.82, 2.24) is 15.0 Å². The summed E-state index contributed by atoms with van der Waals surface area (Å²) < 4.78 is 46.9. The number of amides is 1. The molecule has 0 radical (unpaired) electrons. The van der Waals surface area contributed by atoms with Gasteiger partial charge in [0.1, 0.15) is 16.5 Å². The van der Waals surface area contributed by atoms with Gasteiger partial charge >= 0.3 is 0 Å². The van der Waals surface area contributed by atoms with Gasteiger partial charge in [0, 0.05) is 23.7 Å². The average Bonchev–Trinajstić information content (AvgIpc) is 2.89. The minimum Gasteiger partial charge on any atom is -0.497 e. The SMILES string of the molecule is COc1ccc(-c2ccc(S(=O)(=O)NC3CCC(C(=O)N[C@H](C)c4ccc(F)cc4)CC3)cn2)cc1. The molecule has 1 aliphatic rings. The Labute approximate surface area is 211 Å². The van der Waals surface area contributed by atoms with Crippen LogP contribution in [-0.4, -0.2) is 32.5 Å². The maximum atomic E-state index is 13.1. The van der Waals surface area contributed by atoms with Crippen LogP contribution in [0.2, 0.25) is 0 Å². The molecule has 1 fully saturated rings. The Morgan fingerprint density at radius 1 is 1.00 bits per heavy atom. The van der Waals surface area contributed by atoms with Crippen LogP contribution < -0.4 is 14.8 Å². The van der Waals surface area contributed by atoms with E-state index in [1.54, 1.807) is 31.4 Å². The van der Waals surface area contributed by atoms with Crippen LogP contribution in [0.15, 0.2) is 71.8 Å². The van der Waals surface area contributed by atoms with Crippen LogP contribution in [0, 0.1) is 11.7 Å². The van der Waals surface area contributed by atoms with Gasteiger partial charge in [-0.15, -0.1) is 0 Å². The van der Waals surface area contributed by atoms with Gasteiger partial charge in [-0.25, -0.2) is 17.5 Å². The number of halogens is 1. The van der Waals surface area contributed by atoms with Crippen LogP contribution in [0.4, 0.5) is 4.39 Å². The van der Waals surface area contributed by atoms with Crippen molar-refractivity contribution in [3.05, 3.63) is 78.2 Å². The first-order chi connectivity index (χ1) is 17.2. The minimum atomic E-state index is -3.73. The van der Waals surface area contributed by atoms with E-state index < -0.39 is 10.0 Å². The van der Waals surface area contributed by atoms with Crippen molar-refractivity contribution < 1.29 is 22.3 Å². The van der Waals surface area contributed by atoms with Crippen molar-refractivity contribution in [3.63, 3.8) is 0 Å². The van der Waals surface area contributed by atoms with Crippen LogP contribution >= 0.6 is 0 Å². The minimum absolute atomic E-state index is 0.0635. The molecule has 0 saturated heterocycles. The Kier molecular flexibility index (Phi) is 8.01. The molecule has 36 heavy (non-hydrogen) atoms. The van der Waals surface area contributed by atoms with Crippen LogP contribution in [0.25, 0.3) is 11.3 Å². The van der Waals surface area contributed by atoms with E-state index >= 15 is 0 Å². The maximum absolute atomic E-state index is 13.1. The van der Waals surface area contributed by atoms with E-state index in [1.165, 1.54) is 18.3 Å². The number of sulfonamides is 1. The highest BCUT2D eigenvalue weighted by Crippen LogP contribution is 2.27. The molecule has 1 aliphatic carbocycles. The Morgan fingerprint density at radius 2 is 1.67 bits per heavy atom. The molecular formula is C27H30FN3O4S. The van der Waals surface area contributed by atoms with Gasteiger partial charge in [0.2, 0.25) is 15.9 Å². The molecule has 2 aromatic carbocycles. The quantitative estimate of drug-likeness (QED) is 0.460. The summed E-state index contributed by atoms with van der Waals surface area (Å²) in [6.45, 7) is 1.86. The zero-order valence-electron chi connectivity index (χ0n) is 20.3. The Morgan fingerprint density at radius 3 is 2.25 bits per heavy atom. The highest BCUT2D eigenvalue weighted by Gasteiger charge is 2.30. The number of ether oxygens (including phenoxy) is 1. The Balaban J connectivity index is 1.30. The van der Waals surface area contributed by atoms with Gasteiger partial charge in [0.05, 0.1) is 18.8 Å². The molecule has 9 heteroatoms. The summed E-state index contributed by atoms with van der Waals surface area (Å²) in [5.74, 6) is 0.171. The summed E-state index contributed by atoms with van der Waals surface area (Å²) in [5, 5.41) is 2.98. The van der Waals surface area contributed by atoms with Crippen LogP contribution in [0.5, 0.6) is 5.75 Å². The smallest absolute Gasteiger partial charge is 0.242 e. The van der Waals surface area contributed by atoms with E-state index in [9.17, 15) is 17.6 Å². The number of rotatable bonds is 8. The first kappa shape index (κ1) is 25.8. The van der Waals surface area contributed by atoms with Crippen LogP contribution in [0.3, 0.4) is 0 Å². The number of pyridine rings is 1. The number of methoxy groups -OCH3 is 1. The van der Waals surface area contributed by atoms with Gasteiger partial charge < -0.3 is 10.1 Å². The molecule has 0 aliphatic heterocycles. The number of carbonyl (C=O) groups is 1. The molecule has 0 unspecified atom stereocenters. The molecule has 0 bridgehead atoms. The number of nitrogens with zero attached hydrogens (tertiary/aromatic N) is 1. The molecule has 0 spiro atoms. The summed E-state index contributed by atoms with van der Waals surface area (Å²) in [7, 11) is -2.13. The van der Waals surface area contributed by atoms with Crippen molar-refractivity contribution in [2.75, 3.05) is 7.11 Å². The second-order valence-corrected chi connectivity index (χ2v) is 10.8. The van der Waals surface area contributed by atoms with E-state index in [0.717, 1.165) is 16.9 Å². The lowest BCUT2D eigenvalue weighted by Crippen LogP contribution is -2.41. The normalized spacial score (nSPS) is 18.9. The lowest BCUT2D eigenvalue weighted by molar-refractivity contribution is -0.126. The molecule has 1 atom stereocenters. The molecule has 1 amide bonds. The molecular weight excluding hydrogens is 481 g/mol. The zero-order chi connectivity index (χ0) is 25.7. The summed E-state index contributed by atoms with van der Waals surface area (Å²) in [5.41, 5.74) is 2.36. The average molecular weight is 512 g/mol. The predicted molar refractivity (Wildman–Crippen MR) is 135 cm³/mol. The largest absolute Gasteiger partial charge is 0.497 e. The summed E-state index contributed by atoms with van der Waals surface area (Å²) in [4.78, 5) is 17.1. The standard InChI is InChI=1S/C27H30FN3O4S/c1-18(19-3-9-22(28)10-4-19)30-27(32)21-5-11-23(12-6-21)31-36(33,34)25-15-16-26(29-17-25)20-7-13-24(35-2)14-8-20/h3-4,7-10,13-18,21,23,31H,5-6,11-12H2,1-2H3,(H,30,32)/t18-,21?,23?/m1/s1. The van der Waals surface area contributed by atoms with E-state index in [2.05, 4.69) is 15.0 Å². The monoisotopic (exact) mass is 511 g/mol. The topological polar surface area (TPSA) is 97.4 Å². The fourth-order valence-electron chi connectivity index (χ4n) is 4.40.